The van der Waals surface area contributed by atoms with Gasteiger partial charge >= 0.3 is 0 Å². The minimum Gasteiger partial charge on any atom is -0.330 e. The molecule has 0 atom stereocenters. The number of hydrogen-bond donors (Lipinski definition) is 2. The first-order valence-corrected chi connectivity index (χ1v) is 6.00. The lowest BCUT2D eigenvalue weighted by atomic mass is 9.94. The van der Waals surface area contributed by atoms with Crippen molar-refractivity contribution in [3.63, 3.8) is 0 Å². The molecule has 0 saturated carbocycles. The van der Waals surface area contributed by atoms with E-state index in [0.717, 1.165) is 26.1 Å². The fourth-order valence-corrected chi connectivity index (χ4v) is 1.60. The Morgan fingerprint density at radius 3 is 2.69 bits per heavy atom. The highest BCUT2D eigenvalue weighted by molar-refractivity contribution is 5.22. The van der Waals surface area contributed by atoms with Gasteiger partial charge in [0.1, 0.15) is 0 Å². The van der Waals surface area contributed by atoms with E-state index in [9.17, 15) is 0 Å². The Morgan fingerprint density at radius 2 is 2.06 bits per heavy atom. The number of nitrogens with two attached hydrogens (primary N) is 1. The van der Waals surface area contributed by atoms with Crippen LogP contribution in [-0.4, -0.2) is 19.6 Å². The highest BCUT2D eigenvalue weighted by atomic mass is 14.9. The summed E-state index contributed by atoms with van der Waals surface area (Å²) in [6.45, 7) is 9.24. The molecule has 0 bridgehead atoms. The van der Waals surface area contributed by atoms with E-state index in [0.29, 0.717) is 0 Å². The van der Waals surface area contributed by atoms with Crippen molar-refractivity contribution >= 4 is 0 Å². The van der Waals surface area contributed by atoms with E-state index in [-0.39, 0.29) is 5.41 Å². The van der Waals surface area contributed by atoms with Crippen LogP contribution in [0.25, 0.3) is 0 Å². The number of nitrogens with one attached hydrogen (secondary N) is 1. The largest absolute Gasteiger partial charge is 0.330 e. The SMILES string of the molecule is Cc1cccc(CCNCC(C)(C)CN)c1. The Morgan fingerprint density at radius 1 is 1.31 bits per heavy atom. The Kier molecular flexibility index (Phi) is 4.97. The van der Waals surface area contributed by atoms with Crippen molar-refractivity contribution in [2.45, 2.75) is 27.2 Å². The van der Waals surface area contributed by atoms with Gasteiger partial charge < -0.3 is 11.1 Å². The summed E-state index contributed by atoms with van der Waals surface area (Å²) in [5, 5.41) is 3.46. The lowest BCUT2D eigenvalue weighted by Crippen LogP contribution is -2.36. The molecule has 1 aromatic carbocycles. The number of hydrogen-bond acceptors (Lipinski definition) is 2. The average Bonchev–Trinajstić information content (AvgIpc) is 2.25. The maximum absolute atomic E-state index is 5.68. The average molecular weight is 220 g/mol. The van der Waals surface area contributed by atoms with Crippen molar-refractivity contribution in [1.29, 1.82) is 0 Å². The van der Waals surface area contributed by atoms with Crippen molar-refractivity contribution in [1.82, 2.24) is 5.32 Å². The first kappa shape index (κ1) is 13.2. The molecule has 1 rings (SSSR count). The van der Waals surface area contributed by atoms with Crippen LogP contribution in [-0.2, 0) is 6.42 Å². The van der Waals surface area contributed by atoms with Gasteiger partial charge in [0.2, 0.25) is 0 Å². The fraction of sp³-hybridized carbons (Fsp3) is 0.571. The molecule has 3 N–H and O–H groups in total. The van der Waals surface area contributed by atoms with Crippen molar-refractivity contribution in [3.05, 3.63) is 35.4 Å². The molecule has 0 saturated heterocycles. The molecule has 0 heterocycles. The van der Waals surface area contributed by atoms with Crippen molar-refractivity contribution in [3.8, 4) is 0 Å². The summed E-state index contributed by atoms with van der Waals surface area (Å²) in [5.41, 5.74) is 8.61. The van der Waals surface area contributed by atoms with Gasteiger partial charge in [0.25, 0.3) is 0 Å². The molecule has 2 nitrogen and oxygen atoms in total. The molecule has 0 fully saturated rings. The van der Waals surface area contributed by atoms with Crippen LogP contribution in [0, 0.1) is 12.3 Å². The molecule has 90 valence electrons. The Hall–Kier alpha value is -0.860. The minimum absolute atomic E-state index is 0.201. The van der Waals surface area contributed by atoms with E-state index in [1.165, 1.54) is 11.1 Å². The van der Waals surface area contributed by atoms with E-state index < -0.39 is 0 Å². The molecule has 0 aromatic heterocycles. The predicted molar refractivity (Wildman–Crippen MR) is 70.6 cm³/mol. The lowest BCUT2D eigenvalue weighted by molar-refractivity contribution is 0.353. The van der Waals surface area contributed by atoms with E-state index in [1.54, 1.807) is 0 Å². The highest BCUT2D eigenvalue weighted by Gasteiger charge is 2.13. The first-order valence-electron chi connectivity index (χ1n) is 6.00. The van der Waals surface area contributed by atoms with Crippen LogP contribution in [0.1, 0.15) is 25.0 Å². The Balaban J connectivity index is 2.26. The summed E-state index contributed by atoms with van der Waals surface area (Å²) in [7, 11) is 0. The normalized spacial score (nSPS) is 11.8. The minimum atomic E-state index is 0.201. The highest BCUT2D eigenvalue weighted by Crippen LogP contribution is 2.10. The van der Waals surface area contributed by atoms with Gasteiger partial charge in [-0.25, -0.2) is 0 Å². The van der Waals surface area contributed by atoms with Gasteiger partial charge in [-0.2, -0.15) is 0 Å². The van der Waals surface area contributed by atoms with Crippen LogP contribution in [0.3, 0.4) is 0 Å². The van der Waals surface area contributed by atoms with Crippen molar-refractivity contribution in [2.75, 3.05) is 19.6 Å². The molecule has 0 aliphatic rings. The van der Waals surface area contributed by atoms with Crippen molar-refractivity contribution in [2.24, 2.45) is 11.1 Å². The Bertz CT molecular complexity index is 318. The standard InChI is InChI=1S/C14H24N2/c1-12-5-4-6-13(9-12)7-8-16-11-14(2,3)10-15/h4-6,9,16H,7-8,10-11,15H2,1-3H3. The van der Waals surface area contributed by atoms with Crippen LogP contribution >= 0.6 is 0 Å². The second kappa shape index (κ2) is 6.02. The zero-order chi connectivity index (χ0) is 12.0. The second-order valence-electron chi connectivity index (χ2n) is 5.28. The zero-order valence-corrected chi connectivity index (χ0v) is 10.7. The topological polar surface area (TPSA) is 38.0 Å². The van der Waals surface area contributed by atoms with Crippen LogP contribution < -0.4 is 11.1 Å². The molecule has 0 aliphatic carbocycles. The van der Waals surface area contributed by atoms with Crippen LogP contribution in [0.4, 0.5) is 0 Å². The van der Waals surface area contributed by atoms with Crippen molar-refractivity contribution < 1.29 is 0 Å². The van der Waals surface area contributed by atoms with Gasteiger partial charge in [0, 0.05) is 6.54 Å². The summed E-state index contributed by atoms with van der Waals surface area (Å²) in [4.78, 5) is 0. The van der Waals surface area contributed by atoms with Gasteiger partial charge in [-0.1, -0.05) is 43.7 Å². The Labute approximate surface area is 99.2 Å². The first-order chi connectivity index (χ1) is 7.53. The molecular weight excluding hydrogens is 196 g/mol. The van der Waals surface area contributed by atoms with E-state index in [1.807, 2.05) is 0 Å². The van der Waals surface area contributed by atoms with Gasteiger partial charge in [-0.05, 0) is 37.4 Å². The maximum atomic E-state index is 5.68. The molecule has 0 radical (unpaired) electrons. The van der Waals surface area contributed by atoms with Gasteiger partial charge in [0.15, 0.2) is 0 Å². The summed E-state index contributed by atoms with van der Waals surface area (Å²) in [6.07, 6.45) is 1.09. The number of benzene rings is 1. The van der Waals surface area contributed by atoms with Gasteiger partial charge in [-0.15, -0.1) is 0 Å². The van der Waals surface area contributed by atoms with Crippen LogP contribution in [0.5, 0.6) is 0 Å². The third-order valence-corrected chi connectivity index (χ3v) is 2.83. The molecule has 2 heteroatoms. The van der Waals surface area contributed by atoms with Gasteiger partial charge in [0.05, 0.1) is 0 Å². The summed E-state index contributed by atoms with van der Waals surface area (Å²) < 4.78 is 0. The second-order valence-corrected chi connectivity index (χ2v) is 5.28. The number of aryl methyl sites for hydroxylation is 1. The monoisotopic (exact) mass is 220 g/mol. The molecule has 0 aliphatic heterocycles. The molecule has 16 heavy (non-hydrogen) atoms. The van der Waals surface area contributed by atoms with Gasteiger partial charge in [-0.3, -0.25) is 0 Å². The van der Waals surface area contributed by atoms with E-state index in [2.05, 4.69) is 50.4 Å². The molecule has 0 unspecified atom stereocenters. The van der Waals surface area contributed by atoms with Crippen LogP contribution in [0.2, 0.25) is 0 Å². The molecule has 0 amide bonds. The predicted octanol–water partition coefficient (Wildman–Crippen LogP) is 2.11. The summed E-state index contributed by atoms with van der Waals surface area (Å²) in [6, 6.07) is 8.68. The summed E-state index contributed by atoms with van der Waals surface area (Å²) >= 11 is 0. The van der Waals surface area contributed by atoms with E-state index in [4.69, 9.17) is 5.73 Å². The molecule has 1 aromatic rings. The maximum Gasteiger partial charge on any atom is 0.00147 e. The third kappa shape index (κ3) is 4.77. The third-order valence-electron chi connectivity index (χ3n) is 2.83. The molecular formula is C14H24N2. The van der Waals surface area contributed by atoms with Crippen LogP contribution in [0.15, 0.2) is 24.3 Å². The quantitative estimate of drug-likeness (QED) is 0.721. The molecule has 0 spiro atoms. The zero-order valence-electron chi connectivity index (χ0n) is 10.7. The summed E-state index contributed by atoms with van der Waals surface area (Å²) in [5.74, 6) is 0. The van der Waals surface area contributed by atoms with E-state index >= 15 is 0 Å². The lowest BCUT2D eigenvalue weighted by Gasteiger charge is -2.22. The number of rotatable bonds is 6. The smallest absolute Gasteiger partial charge is 0.00147 e. The fourth-order valence-electron chi connectivity index (χ4n) is 1.60.